The molecule has 0 radical (unpaired) electrons. The minimum absolute atomic E-state index is 0.560. The van der Waals surface area contributed by atoms with Gasteiger partial charge in [-0.2, -0.15) is 0 Å². The van der Waals surface area contributed by atoms with Crippen molar-refractivity contribution in [2.75, 3.05) is 0 Å². The zero-order valence-corrected chi connectivity index (χ0v) is 33.9. The van der Waals surface area contributed by atoms with Gasteiger partial charge in [0.15, 0.2) is 0 Å². The van der Waals surface area contributed by atoms with Crippen molar-refractivity contribution in [1.82, 2.24) is 0 Å². The van der Waals surface area contributed by atoms with Gasteiger partial charge in [-0.15, -0.1) is 0 Å². The number of hydrogen-bond donors (Lipinski definition) is 0. The molecule has 6 aromatic carbocycles. The highest BCUT2D eigenvalue weighted by Gasteiger charge is 2.24. The van der Waals surface area contributed by atoms with Crippen molar-refractivity contribution in [3.63, 3.8) is 0 Å². The van der Waals surface area contributed by atoms with Crippen LogP contribution in [0.2, 0.25) is 0 Å². The topological polar surface area (TPSA) is 26.3 Å². The minimum atomic E-state index is 0.560. The molecule has 2 heterocycles. The Bertz CT molecular complexity index is 2560. The number of fused-ring (bicyclic) bond motifs is 9. The van der Waals surface area contributed by atoms with Gasteiger partial charge < -0.3 is 8.83 Å². The van der Waals surface area contributed by atoms with Gasteiger partial charge in [-0.3, -0.25) is 0 Å². The average Bonchev–Trinajstić information content (AvgIpc) is 3.80. The molecule has 0 bridgehead atoms. The van der Waals surface area contributed by atoms with E-state index in [2.05, 4.69) is 152 Å². The molecule has 2 aromatic heterocycles. The first-order chi connectivity index (χ1) is 26.5. The van der Waals surface area contributed by atoms with Crippen molar-refractivity contribution < 1.29 is 8.83 Å². The van der Waals surface area contributed by atoms with Crippen LogP contribution >= 0.6 is 0 Å². The van der Waals surface area contributed by atoms with Gasteiger partial charge in [-0.25, -0.2) is 0 Å². The van der Waals surface area contributed by atoms with Crippen molar-refractivity contribution in [2.24, 2.45) is 23.7 Å². The Balaban J connectivity index is 1.18. The monoisotopic (exact) mass is 722 g/mol. The lowest BCUT2D eigenvalue weighted by molar-refractivity contribution is 0.645. The van der Waals surface area contributed by atoms with Crippen LogP contribution in [0.3, 0.4) is 0 Å². The van der Waals surface area contributed by atoms with Gasteiger partial charge in [0.25, 0.3) is 0 Å². The van der Waals surface area contributed by atoms with E-state index in [9.17, 15) is 0 Å². The molecule has 1 aliphatic rings. The molecule has 0 aliphatic heterocycles. The lowest BCUT2D eigenvalue weighted by Gasteiger charge is -2.12. The Morgan fingerprint density at radius 2 is 0.764 bits per heavy atom. The standard InChI is InChI=1S/C53H54O2/c1-30(2)17-34-9-15-50-46(21-34)48-25-36(19-32(5)6)23-44(52(48)54-50)40-13-11-38-27-39-12-14-41(29-43(39)42(38)28-40)45-24-37(20-33(7)8)26-49-47-22-35(18-31(3)4)10-16-51(47)55-53(45)49/h9-16,21-26,28-33H,17-20,27H2,1-8H3. The molecule has 0 saturated carbocycles. The molecule has 0 fully saturated rings. The fourth-order valence-corrected chi connectivity index (χ4v) is 9.28. The van der Waals surface area contributed by atoms with E-state index in [1.807, 2.05) is 0 Å². The molecule has 2 heteroatoms. The molecule has 8 aromatic rings. The summed E-state index contributed by atoms with van der Waals surface area (Å²) in [6.07, 6.45) is 5.14. The van der Waals surface area contributed by atoms with E-state index in [0.717, 1.165) is 54.4 Å². The van der Waals surface area contributed by atoms with Crippen LogP contribution in [0.5, 0.6) is 0 Å². The van der Waals surface area contributed by atoms with Gasteiger partial charge in [0.05, 0.1) is 0 Å². The Labute approximate surface area is 326 Å². The first-order valence-corrected chi connectivity index (χ1v) is 20.7. The molecule has 0 unspecified atom stereocenters. The van der Waals surface area contributed by atoms with Crippen LogP contribution < -0.4 is 0 Å². The van der Waals surface area contributed by atoms with Gasteiger partial charge >= 0.3 is 0 Å². The highest BCUT2D eigenvalue weighted by atomic mass is 16.3. The van der Waals surface area contributed by atoms with Crippen LogP contribution in [0.15, 0.2) is 106 Å². The second kappa shape index (κ2) is 13.9. The zero-order valence-electron chi connectivity index (χ0n) is 33.9. The van der Waals surface area contributed by atoms with Crippen LogP contribution in [0.1, 0.15) is 88.8 Å². The molecule has 0 N–H and O–H groups in total. The summed E-state index contributed by atoms with van der Waals surface area (Å²) in [5.41, 5.74) is 19.6. The van der Waals surface area contributed by atoms with Crippen molar-refractivity contribution in [1.29, 1.82) is 0 Å². The predicted molar refractivity (Wildman–Crippen MR) is 234 cm³/mol. The van der Waals surface area contributed by atoms with Crippen LogP contribution in [0.4, 0.5) is 0 Å². The molecular formula is C53H54O2. The summed E-state index contributed by atoms with van der Waals surface area (Å²) >= 11 is 0. The first kappa shape index (κ1) is 35.6. The van der Waals surface area contributed by atoms with Crippen LogP contribution in [0.25, 0.3) is 77.3 Å². The second-order valence-corrected chi connectivity index (χ2v) is 18.2. The maximum absolute atomic E-state index is 6.74. The lowest BCUT2D eigenvalue weighted by Crippen LogP contribution is -1.95. The maximum Gasteiger partial charge on any atom is 0.143 e. The number of rotatable bonds is 10. The summed E-state index contributed by atoms with van der Waals surface area (Å²) in [7, 11) is 0. The van der Waals surface area contributed by atoms with E-state index in [-0.39, 0.29) is 0 Å². The van der Waals surface area contributed by atoms with E-state index in [4.69, 9.17) is 8.83 Å². The van der Waals surface area contributed by atoms with Crippen molar-refractivity contribution >= 4 is 43.9 Å². The van der Waals surface area contributed by atoms with Crippen LogP contribution in [0, 0.1) is 23.7 Å². The Morgan fingerprint density at radius 1 is 0.382 bits per heavy atom. The largest absolute Gasteiger partial charge is 0.455 e. The fraction of sp³-hybridized carbons (Fsp3) is 0.321. The molecule has 55 heavy (non-hydrogen) atoms. The van der Waals surface area contributed by atoms with Gasteiger partial charge in [0.1, 0.15) is 22.3 Å². The molecule has 0 atom stereocenters. The van der Waals surface area contributed by atoms with Gasteiger partial charge in [0, 0.05) is 32.7 Å². The molecule has 9 rings (SSSR count). The van der Waals surface area contributed by atoms with Gasteiger partial charge in [0.2, 0.25) is 0 Å². The number of benzene rings is 6. The summed E-state index contributed by atoms with van der Waals surface area (Å²) in [5.74, 6) is 2.33. The maximum atomic E-state index is 6.74. The summed E-state index contributed by atoms with van der Waals surface area (Å²) in [6.45, 7) is 18.4. The molecule has 0 amide bonds. The fourth-order valence-electron chi connectivity index (χ4n) is 9.28. The molecule has 278 valence electrons. The first-order valence-electron chi connectivity index (χ1n) is 20.7. The van der Waals surface area contributed by atoms with Crippen molar-refractivity contribution in [3.8, 4) is 33.4 Å². The van der Waals surface area contributed by atoms with Crippen molar-refractivity contribution in [3.05, 3.63) is 130 Å². The highest BCUT2D eigenvalue weighted by Crippen LogP contribution is 2.45. The summed E-state index contributed by atoms with van der Waals surface area (Å²) in [4.78, 5) is 0. The minimum Gasteiger partial charge on any atom is -0.455 e. The third-order valence-electron chi connectivity index (χ3n) is 11.5. The van der Waals surface area contributed by atoms with E-state index in [0.29, 0.717) is 23.7 Å². The third-order valence-corrected chi connectivity index (χ3v) is 11.5. The molecule has 2 nitrogen and oxygen atoms in total. The van der Waals surface area contributed by atoms with E-state index >= 15 is 0 Å². The molecule has 1 aliphatic carbocycles. The highest BCUT2D eigenvalue weighted by molar-refractivity contribution is 6.11. The summed E-state index contributed by atoms with van der Waals surface area (Å²) in [5, 5.41) is 4.90. The van der Waals surface area contributed by atoms with Crippen LogP contribution in [-0.4, -0.2) is 0 Å². The molecule has 0 spiro atoms. The Hall–Kier alpha value is -5.08. The number of hydrogen-bond acceptors (Lipinski definition) is 2. The Morgan fingerprint density at radius 3 is 1.16 bits per heavy atom. The summed E-state index contributed by atoms with van der Waals surface area (Å²) in [6, 6.07) is 37.3. The second-order valence-electron chi connectivity index (χ2n) is 18.2. The van der Waals surface area contributed by atoms with Gasteiger partial charge in [-0.05, 0) is 172 Å². The quantitative estimate of drug-likeness (QED) is 0.140. The smallest absolute Gasteiger partial charge is 0.143 e. The van der Waals surface area contributed by atoms with E-state index in [1.165, 1.54) is 88.3 Å². The molecule has 0 saturated heterocycles. The van der Waals surface area contributed by atoms with Crippen molar-refractivity contribution in [2.45, 2.75) is 87.5 Å². The van der Waals surface area contributed by atoms with Gasteiger partial charge in [-0.1, -0.05) is 91.8 Å². The van der Waals surface area contributed by atoms with E-state index in [1.54, 1.807) is 0 Å². The third kappa shape index (κ3) is 6.69. The lowest BCUT2D eigenvalue weighted by atomic mass is 9.91. The molecular weight excluding hydrogens is 669 g/mol. The Kier molecular flexibility index (Phi) is 9.00. The average molecular weight is 723 g/mol. The van der Waals surface area contributed by atoms with E-state index < -0.39 is 0 Å². The zero-order chi connectivity index (χ0) is 38.1. The summed E-state index contributed by atoms with van der Waals surface area (Å²) < 4.78 is 13.5. The number of furan rings is 2. The van der Waals surface area contributed by atoms with Crippen LogP contribution in [-0.2, 0) is 32.1 Å². The predicted octanol–water partition coefficient (Wildman–Crippen LogP) is 15.2. The SMILES string of the molecule is CC(C)Cc1ccc2oc3c(-c4ccc5c(c4)-c4cc(-c6cc(CC(C)C)cc7c6oc6ccc(CC(C)C)cc67)ccc4C5)cc(CC(C)C)cc3c2c1. The normalized spacial score (nSPS) is 12.9.